The van der Waals surface area contributed by atoms with E-state index in [1.54, 1.807) is 6.20 Å². The van der Waals surface area contributed by atoms with E-state index in [4.69, 9.17) is 0 Å². The summed E-state index contributed by atoms with van der Waals surface area (Å²) in [6, 6.07) is 0. The van der Waals surface area contributed by atoms with Gasteiger partial charge in [0.15, 0.2) is 5.65 Å². The molecule has 35 heavy (non-hydrogen) atoms. The molecule has 5 heterocycles. The van der Waals surface area contributed by atoms with Gasteiger partial charge in [-0.15, -0.1) is 0 Å². The molecule has 0 N–H and O–H groups in total. The van der Waals surface area contributed by atoms with Crippen LogP contribution >= 0.6 is 0 Å². The molecule has 0 aromatic carbocycles. The standard InChI is InChI=1S/C22H25F5N8/c1-2-14-11-33(15-7-29-20(30-8-15)22(25,26)27)5-3-21(14)4-6-34(13-21)18-10-28-16-9-31-35(12-17(23)24)19(16)32-18/h7-10,14,17H,2-6,11-13H2,1H3/t14-,21?/m0/s1. The number of halogens is 5. The average Bonchev–Trinajstić information content (AvgIpc) is 3.43. The van der Waals surface area contributed by atoms with Crippen molar-refractivity contribution in [1.82, 2.24) is 29.7 Å². The zero-order chi connectivity index (χ0) is 24.8. The molecular weight excluding hydrogens is 471 g/mol. The second-order valence-electron chi connectivity index (χ2n) is 9.25. The molecule has 0 bridgehead atoms. The van der Waals surface area contributed by atoms with Crippen molar-refractivity contribution in [2.24, 2.45) is 11.3 Å². The molecule has 0 amide bonds. The van der Waals surface area contributed by atoms with Gasteiger partial charge in [0.2, 0.25) is 5.82 Å². The highest BCUT2D eigenvalue weighted by molar-refractivity contribution is 5.71. The Morgan fingerprint density at radius 3 is 2.40 bits per heavy atom. The molecule has 2 aliphatic rings. The van der Waals surface area contributed by atoms with Crippen LogP contribution in [0.1, 0.15) is 32.0 Å². The van der Waals surface area contributed by atoms with Crippen molar-refractivity contribution in [3.8, 4) is 0 Å². The molecule has 0 radical (unpaired) electrons. The van der Waals surface area contributed by atoms with Crippen molar-refractivity contribution >= 4 is 22.7 Å². The van der Waals surface area contributed by atoms with Crippen molar-refractivity contribution in [3.63, 3.8) is 0 Å². The molecule has 2 aliphatic heterocycles. The van der Waals surface area contributed by atoms with Gasteiger partial charge in [-0.2, -0.15) is 18.3 Å². The van der Waals surface area contributed by atoms with Crippen LogP contribution in [0.5, 0.6) is 0 Å². The molecule has 2 atom stereocenters. The number of hydrogen-bond acceptors (Lipinski definition) is 7. The van der Waals surface area contributed by atoms with Gasteiger partial charge in [0.1, 0.15) is 17.9 Å². The summed E-state index contributed by atoms with van der Waals surface area (Å²) in [5, 5.41) is 3.98. The molecule has 3 aromatic rings. The lowest BCUT2D eigenvalue weighted by molar-refractivity contribution is -0.145. The van der Waals surface area contributed by atoms with Gasteiger partial charge in [0, 0.05) is 26.2 Å². The smallest absolute Gasteiger partial charge is 0.369 e. The van der Waals surface area contributed by atoms with Crippen LogP contribution < -0.4 is 9.80 Å². The van der Waals surface area contributed by atoms with Crippen LogP contribution in [0.25, 0.3) is 11.2 Å². The summed E-state index contributed by atoms with van der Waals surface area (Å²) in [5.41, 5.74) is 1.43. The highest BCUT2D eigenvalue weighted by Gasteiger charge is 2.47. The maximum absolute atomic E-state index is 12.9. The molecule has 5 rings (SSSR count). The molecule has 13 heteroatoms. The summed E-state index contributed by atoms with van der Waals surface area (Å²) in [4.78, 5) is 20.2. The Morgan fingerprint density at radius 1 is 1.03 bits per heavy atom. The van der Waals surface area contributed by atoms with Crippen LogP contribution in [-0.4, -0.2) is 62.3 Å². The van der Waals surface area contributed by atoms with Gasteiger partial charge in [-0.3, -0.25) is 0 Å². The molecule has 8 nitrogen and oxygen atoms in total. The van der Waals surface area contributed by atoms with Gasteiger partial charge in [-0.05, 0) is 24.2 Å². The molecule has 0 saturated carbocycles. The fourth-order valence-electron chi connectivity index (χ4n) is 5.43. The second kappa shape index (κ2) is 8.83. The number of alkyl halides is 5. The quantitative estimate of drug-likeness (QED) is 0.494. The highest BCUT2D eigenvalue weighted by atomic mass is 19.4. The van der Waals surface area contributed by atoms with Gasteiger partial charge < -0.3 is 9.80 Å². The Morgan fingerprint density at radius 2 is 1.74 bits per heavy atom. The average molecular weight is 496 g/mol. The van der Waals surface area contributed by atoms with Crippen LogP contribution in [0.3, 0.4) is 0 Å². The zero-order valence-corrected chi connectivity index (χ0v) is 19.1. The minimum absolute atomic E-state index is 0.0257. The molecule has 188 valence electrons. The van der Waals surface area contributed by atoms with E-state index in [1.807, 2.05) is 0 Å². The van der Waals surface area contributed by atoms with Gasteiger partial charge in [0.05, 0.1) is 30.5 Å². The number of aromatic nitrogens is 6. The van der Waals surface area contributed by atoms with Gasteiger partial charge in [-0.1, -0.05) is 13.3 Å². The van der Waals surface area contributed by atoms with Crippen LogP contribution in [-0.2, 0) is 12.7 Å². The largest absolute Gasteiger partial charge is 0.451 e. The first-order valence-electron chi connectivity index (χ1n) is 11.5. The number of piperidine rings is 1. The topological polar surface area (TPSA) is 75.9 Å². The predicted molar refractivity (Wildman–Crippen MR) is 118 cm³/mol. The Labute approximate surface area is 198 Å². The molecule has 3 aromatic heterocycles. The van der Waals surface area contributed by atoms with E-state index in [0.29, 0.717) is 41.7 Å². The Balaban J connectivity index is 1.31. The Bertz CT molecular complexity index is 1180. The molecule has 2 fully saturated rings. The number of anilines is 2. The van der Waals surface area contributed by atoms with E-state index in [9.17, 15) is 22.0 Å². The highest BCUT2D eigenvalue weighted by Crippen LogP contribution is 2.47. The van der Waals surface area contributed by atoms with Gasteiger partial charge >= 0.3 is 6.18 Å². The Hall–Kier alpha value is -3.12. The summed E-state index contributed by atoms with van der Waals surface area (Å²) in [5.74, 6) is -0.190. The van der Waals surface area contributed by atoms with E-state index in [2.05, 4.69) is 41.8 Å². The lowest BCUT2D eigenvalue weighted by Gasteiger charge is -2.46. The maximum atomic E-state index is 12.9. The SMILES string of the molecule is CC[C@H]1CN(c2cnc(C(F)(F)F)nc2)CCC12CCN(c1cnc3cnn(CC(F)F)c3n1)C2. The third-order valence-electron chi connectivity index (χ3n) is 7.29. The second-order valence-corrected chi connectivity index (χ2v) is 9.25. The molecule has 1 spiro atoms. The fraction of sp³-hybridized carbons (Fsp3) is 0.591. The monoisotopic (exact) mass is 496 g/mol. The summed E-state index contributed by atoms with van der Waals surface area (Å²) < 4.78 is 65.4. The summed E-state index contributed by atoms with van der Waals surface area (Å²) in [6.07, 6.45) is 1.21. The van der Waals surface area contributed by atoms with E-state index in [1.165, 1.54) is 23.3 Å². The zero-order valence-electron chi connectivity index (χ0n) is 19.1. The van der Waals surface area contributed by atoms with E-state index >= 15 is 0 Å². The van der Waals surface area contributed by atoms with Crippen molar-refractivity contribution in [2.75, 3.05) is 36.0 Å². The number of rotatable bonds is 5. The summed E-state index contributed by atoms with van der Waals surface area (Å²) in [7, 11) is 0. The normalized spacial score (nSPS) is 23.2. The fourth-order valence-corrected chi connectivity index (χ4v) is 5.43. The first kappa shape index (κ1) is 23.6. The van der Waals surface area contributed by atoms with Crippen LogP contribution in [0.15, 0.2) is 24.8 Å². The Kier molecular flexibility index (Phi) is 5.96. The van der Waals surface area contributed by atoms with Crippen molar-refractivity contribution in [3.05, 3.63) is 30.6 Å². The third kappa shape index (κ3) is 4.47. The predicted octanol–water partition coefficient (Wildman–Crippen LogP) is 4.03. The van der Waals surface area contributed by atoms with E-state index in [0.717, 1.165) is 32.4 Å². The molecule has 2 saturated heterocycles. The third-order valence-corrected chi connectivity index (χ3v) is 7.29. The number of hydrogen-bond donors (Lipinski definition) is 0. The number of fused-ring (bicyclic) bond motifs is 1. The van der Waals surface area contributed by atoms with Crippen LogP contribution in [0, 0.1) is 11.3 Å². The number of nitrogens with zero attached hydrogens (tertiary/aromatic N) is 8. The lowest BCUT2D eigenvalue weighted by atomic mass is 9.68. The summed E-state index contributed by atoms with van der Waals surface area (Å²) >= 11 is 0. The first-order chi connectivity index (χ1) is 16.7. The van der Waals surface area contributed by atoms with Crippen molar-refractivity contribution in [2.45, 2.75) is 45.3 Å². The van der Waals surface area contributed by atoms with Crippen LogP contribution in [0.2, 0.25) is 0 Å². The first-order valence-corrected chi connectivity index (χ1v) is 11.5. The molecule has 0 aliphatic carbocycles. The van der Waals surface area contributed by atoms with Gasteiger partial charge in [-0.25, -0.2) is 33.4 Å². The van der Waals surface area contributed by atoms with Gasteiger partial charge in [0.25, 0.3) is 6.43 Å². The molecular formula is C22H25F5N8. The van der Waals surface area contributed by atoms with E-state index in [-0.39, 0.29) is 5.41 Å². The lowest BCUT2D eigenvalue weighted by Crippen LogP contribution is -2.48. The minimum atomic E-state index is -4.56. The van der Waals surface area contributed by atoms with Crippen LogP contribution in [0.4, 0.5) is 33.5 Å². The summed E-state index contributed by atoms with van der Waals surface area (Å²) in [6.45, 7) is 4.49. The van der Waals surface area contributed by atoms with E-state index < -0.39 is 25.0 Å². The molecule has 1 unspecified atom stereocenters. The van der Waals surface area contributed by atoms with Crippen molar-refractivity contribution in [1.29, 1.82) is 0 Å². The maximum Gasteiger partial charge on any atom is 0.451 e. The minimum Gasteiger partial charge on any atom is -0.369 e. The van der Waals surface area contributed by atoms with Crippen molar-refractivity contribution < 1.29 is 22.0 Å².